The van der Waals surface area contributed by atoms with E-state index in [-0.39, 0.29) is 5.82 Å². The Hall–Kier alpha value is -1.91. The van der Waals surface area contributed by atoms with Crippen molar-refractivity contribution in [2.45, 2.75) is 11.0 Å². The van der Waals surface area contributed by atoms with Gasteiger partial charge in [-0.05, 0) is 18.2 Å². The third kappa shape index (κ3) is 3.06. The Morgan fingerprint density at radius 1 is 1.05 bits per heavy atom. The molecule has 1 aromatic heterocycles. The van der Waals surface area contributed by atoms with Gasteiger partial charge in [-0.1, -0.05) is 36.4 Å². The van der Waals surface area contributed by atoms with Gasteiger partial charge in [0.05, 0.1) is 11.6 Å². The summed E-state index contributed by atoms with van der Waals surface area (Å²) < 4.78 is 13.6. The standard InChI is InChI=1S/C17H14FNOS/c18-14-8-1-2-9-16(14)21-11-15(20)13-7-3-5-12-6-4-10-19-17(12)13/h1-10,15,20H,11H2. The van der Waals surface area contributed by atoms with Crippen molar-refractivity contribution in [3.05, 3.63) is 72.2 Å². The molecular formula is C17H14FNOS. The smallest absolute Gasteiger partial charge is 0.136 e. The molecule has 0 spiro atoms. The monoisotopic (exact) mass is 299 g/mol. The van der Waals surface area contributed by atoms with Crippen molar-refractivity contribution in [2.75, 3.05) is 5.75 Å². The number of para-hydroxylation sites is 1. The normalized spacial score (nSPS) is 12.5. The minimum absolute atomic E-state index is 0.259. The minimum Gasteiger partial charge on any atom is -0.387 e. The quantitative estimate of drug-likeness (QED) is 0.733. The number of hydrogen-bond acceptors (Lipinski definition) is 3. The number of thioether (sulfide) groups is 1. The van der Waals surface area contributed by atoms with Crippen molar-refractivity contribution < 1.29 is 9.50 Å². The van der Waals surface area contributed by atoms with Crippen molar-refractivity contribution >= 4 is 22.7 Å². The highest BCUT2D eigenvalue weighted by atomic mass is 32.2. The van der Waals surface area contributed by atoms with E-state index >= 15 is 0 Å². The van der Waals surface area contributed by atoms with Crippen LogP contribution in [0.25, 0.3) is 10.9 Å². The molecule has 0 saturated heterocycles. The Morgan fingerprint density at radius 2 is 1.86 bits per heavy atom. The maximum Gasteiger partial charge on any atom is 0.136 e. The third-order valence-electron chi connectivity index (χ3n) is 3.26. The molecule has 0 saturated carbocycles. The van der Waals surface area contributed by atoms with Crippen LogP contribution in [-0.4, -0.2) is 15.8 Å². The zero-order chi connectivity index (χ0) is 14.7. The van der Waals surface area contributed by atoms with Crippen LogP contribution in [0.2, 0.25) is 0 Å². The summed E-state index contributed by atoms with van der Waals surface area (Å²) in [7, 11) is 0. The molecule has 0 radical (unpaired) electrons. The summed E-state index contributed by atoms with van der Waals surface area (Å²) in [4.78, 5) is 4.88. The van der Waals surface area contributed by atoms with E-state index in [9.17, 15) is 9.50 Å². The number of benzene rings is 2. The van der Waals surface area contributed by atoms with Crippen LogP contribution in [0, 0.1) is 5.82 Å². The molecule has 1 atom stereocenters. The number of halogens is 1. The van der Waals surface area contributed by atoms with Gasteiger partial charge in [0.15, 0.2) is 0 Å². The summed E-state index contributed by atoms with van der Waals surface area (Å²) in [6.45, 7) is 0. The van der Waals surface area contributed by atoms with Crippen molar-refractivity contribution in [3.8, 4) is 0 Å². The number of pyridine rings is 1. The molecule has 0 fully saturated rings. The predicted molar refractivity (Wildman–Crippen MR) is 83.8 cm³/mol. The average Bonchev–Trinajstić information content (AvgIpc) is 2.53. The van der Waals surface area contributed by atoms with Gasteiger partial charge in [-0.25, -0.2) is 4.39 Å². The number of fused-ring (bicyclic) bond motifs is 1. The number of hydrogen-bond donors (Lipinski definition) is 1. The van der Waals surface area contributed by atoms with E-state index in [0.717, 1.165) is 16.5 Å². The Labute approximate surface area is 126 Å². The molecule has 1 N–H and O–H groups in total. The molecule has 106 valence electrons. The minimum atomic E-state index is -0.687. The van der Waals surface area contributed by atoms with Crippen molar-refractivity contribution in [1.29, 1.82) is 0 Å². The number of rotatable bonds is 4. The lowest BCUT2D eigenvalue weighted by Gasteiger charge is -2.13. The molecule has 2 nitrogen and oxygen atoms in total. The third-order valence-corrected chi connectivity index (χ3v) is 4.38. The maximum atomic E-state index is 13.6. The van der Waals surface area contributed by atoms with E-state index in [2.05, 4.69) is 4.98 Å². The van der Waals surface area contributed by atoms with Crippen molar-refractivity contribution in [3.63, 3.8) is 0 Å². The van der Waals surface area contributed by atoms with E-state index in [4.69, 9.17) is 0 Å². The number of aliphatic hydroxyl groups is 1. The molecular weight excluding hydrogens is 285 g/mol. The summed E-state index contributed by atoms with van der Waals surface area (Å²) in [5, 5.41) is 11.4. The number of aromatic nitrogens is 1. The summed E-state index contributed by atoms with van der Waals surface area (Å²) in [6.07, 6.45) is 1.02. The lowest BCUT2D eigenvalue weighted by molar-refractivity contribution is 0.205. The summed E-state index contributed by atoms with van der Waals surface area (Å²) in [5.74, 6) is 0.127. The molecule has 1 unspecified atom stereocenters. The average molecular weight is 299 g/mol. The van der Waals surface area contributed by atoms with Gasteiger partial charge in [0.1, 0.15) is 5.82 Å². The van der Waals surface area contributed by atoms with Crippen LogP contribution in [0.5, 0.6) is 0 Å². The Balaban J connectivity index is 1.81. The second kappa shape index (κ2) is 6.24. The first-order valence-electron chi connectivity index (χ1n) is 6.65. The van der Waals surface area contributed by atoms with E-state index in [1.807, 2.05) is 30.3 Å². The molecule has 0 aliphatic heterocycles. The molecule has 21 heavy (non-hydrogen) atoms. The van der Waals surface area contributed by atoms with E-state index in [1.54, 1.807) is 24.4 Å². The number of nitrogens with zero attached hydrogens (tertiary/aromatic N) is 1. The molecule has 0 aliphatic rings. The Morgan fingerprint density at radius 3 is 2.71 bits per heavy atom. The Kier molecular flexibility index (Phi) is 4.18. The van der Waals surface area contributed by atoms with Crippen LogP contribution in [0.4, 0.5) is 4.39 Å². The van der Waals surface area contributed by atoms with Gasteiger partial charge in [0.25, 0.3) is 0 Å². The van der Waals surface area contributed by atoms with Crippen LogP contribution in [0.3, 0.4) is 0 Å². The van der Waals surface area contributed by atoms with E-state index in [0.29, 0.717) is 10.6 Å². The first kappa shape index (κ1) is 14.0. The maximum absolute atomic E-state index is 13.6. The van der Waals surface area contributed by atoms with Gasteiger partial charge < -0.3 is 5.11 Å². The predicted octanol–water partition coefficient (Wildman–Crippen LogP) is 4.20. The summed E-state index contributed by atoms with van der Waals surface area (Å²) in [6, 6.07) is 16.1. The SMILES string of the molecule is OC(CSc1ccccc1F)c1cccc2cccnc12. The number of aliphatic hydroxyl groups excluding tert-OH is 1. The fraction of sp³-hybridized carbons (Fsp3) is 0.118. The van der Waals surface area contributed by atoms with Gasteiger partial charge in [0.2, 0.25) is 0 Å². The zero-order valence-corrected chi connectivity index (χ0v) is 12.1. The lowest BCUT2D eigenvalue weighted by atomic mass is 10.1. The summed E-state index contributed by atoms with van der Waals surface area (Å²) in [5.41, 5.74) is 1.57. The van der Waals surface area contributed by atoms with Crippen LogP contribution < -0.4 is 0 Å². The Bertz CT molecular complexity index is 757. The van der Waals surface area contributed by atoms with Gasteiger partial charge in [-0.15, -0.1) is 11.8 Å². The van der Waals surface area contributed by atoms with Gasteiger partial charge in [0, 0.05) is 27.8 Å². The molecule has 0 amide bonds. The molecule has 0 aliphatic carbocycles. The first-order chi connectivity index (χ1) is 10.3. The topological polar surface area (TPSA) is 33.1 Å². The van der Waals surface area contributed by atoms with Crippen molar-refractivity contribution in [1.82, 2.24) is 4.98 Å². The zero-order valence-electron chi connectivity index (χ0n) is 11.2. The fourth-order valence-corrected chi connectivity index (χ4v) is 3.11. The van der Waals surface area contributed by atoms with Gasteiger partial charge in [-0.3, -0.25) is 4.98 Å². The lowest BCUT2D eigenvalue weighted by Crippen LogP contribution is -2.02. The first-order valence-corrected chi connectivity index (χ1v) is 7.63. The fourth-order valence-electron chi connectivity index (χ4n) is 2.22. The highest BCUT2D eigenvalue weighted by Crippen LogP contribution is 2.29. The molecule has 3 aromatic rings. The molecule has 0 bridgehead atoms. The molecule has 4 heteroatoms. The molecule has 2 aromatic carbocycles. The highest BCUT2D eigenvalue weighted by Gasteiger charge is 2.13. The summed E-state index contributed by atoms with van der Waals surface area (Å²) >= 11 is 1.31. The second-order valence-corrected chi connectivity index (χ2v) is 5.74. The van der Waals surface area contributed by atoms with Crippen LogP contribution in [0.15, 0.2) is 65.7 Å². The van der Waals surface area contributed by atoms with E-state index in [1.165, 1.54) is 17.8 Å². The second-order valence-electron chi connectivity index (χ2n) is 4.68. The van der Waals surface area contributed by atoms with Gasteiger partial charge >= 0.3 is 0 Å². The largest absolute Gasteiger partial charge is 0.387 e. The van der Waals surface area contributed by atoms with Crippen molar-refractivity contribution in [2.24, 2.45) is 0 Å². The highest BCUT2D eigenvalue weighted by molar-refractivity contribution is 7.99. The van der Waals surface area contributed by atoms with E-state index < -0.39 is 6.10 Å². The van der Waals surface area contributed by atoms with Crippen LogP contribution >= 0.6 is 11.8 Å². The van der Waals surface area contributed by atoms with Crippen LogP contribution in [0.1, 0.15) is 11.7 Å². The molecule has 1 heterocycles. The van der Waals surface area contributed by atoms with Gasteiger partial charge in [-0.2, -0.15) is 0 Å². The van der Waals surface area contributed by atoms with Crippen LogP contribution in [-0.2, 0) is 0 Å². The molecule has 3 rings (SSSR count).